The number of hydrogen-bond acceptors (Lipinski definition) is 2. The molecule has 1 aromatic carbocycles. The van der Waals surface area contributed by atoms with Crippen molar-refractivity contribution in [3.05, 3.63) is 30.3 Å². The Kier molecular flexibility index (Phi) is 6.70. The number of rotatable bonds is 1. The van der Waals surface area contributed by atoms with Crippen molar-refractivity contribution in [2.45, 2.75) is 12.8 Å². The van der Waals surface area contributed by atoms with Gasteiger partial charge in [0.05, 0.1) is 5.69 Å². The quantitative estimate of drug-likeness (QED) is 0.425. The molecule has 1 heterocycles. The van der Waals surface area contributed by atoms with E-state index in [0.29, 0.717) is 0 Å². The first-order valence-electron chi connectivity index (χ1n) is 5.76. The number of aliphatic imine (C=N–C) groups is 2. The van der Waals surface area contributed by atoms with E-state index in [1.165, 1.54) is 6.42 Å². The van der Waals surface area contributed by atoms with Gasteiger partial charge in [0.25, 0.3) is 0 Å². The molecule has 1 aromatic rings. The molecule has 1 aliphatic rings. The molecule has 0 aliphatic carbocycles. The van der Waals surface area contributed by atoms with E-state index < -0.39 is 0 Å². The molecule has 0 bridgehead atoms. The Balaban J connectivity index is 0.00000162. The van der Waals surface area contributed by atoms with Crippen molar-refractivity contribution in [2.75, 3.05) is 19.8 Å². The van der Waals surface area contributed by atoms with Crippen LogP contribution >= 0.6 is 35.7 Å². The summed E-state index contributed by atoms with van der Waals surface area (Å²) < 4.78 is 0. The zero-order valence-electron chi connectivity index (χ0n) is 10.7. The van der Waals surface area contributed by atoms with E-state index in [1.54, 1.807) is 11.8 Å². The van der Waals surface area contributed by atoms with Crippen molar-refractivity contribution in [1.29, 1.82) is 0 Å². The zero-order chi connectivity index (χ0) is 12.1. The van der Waals surface area contributed by atoms with Crippen LogP contribution in [0.2, 0.25) is 0 Å². The van der Waals surface area contributed by atoms with Gasteiger partial charge in [-0.05, 0) is 24.8 Å². The lowest BCUT2D eigenvalue weighted by Gasteiger charge is -2.10. The van der Waals surface area contributed by atoms with Gasteiger partial charge in [-0.3, -0.25) is 0 Å². The summed E-state index contributed by atoms with van der Waals surface area (Å²) in [5, 5.41) is 0.833. The first-order chi connectivity index (χ1) is 8.29. The maximum Gasteiger partial charge on any atom is 0.189 e. The van der Waals surface area contributed by atoms with Crippen LogP contribution in [0.3, 0.4) is 0 Å². The first-order valence-corrected chi connectivity index (χ1v) is 6.98. The fraction of sp³-hybridized carbons (Fsp3) is 0.385. The van der Waals surface area contributed by atoms with Gasteiger partial charge in [-0.25, -0.2) is 9.98 Å². The molecule has 5 heteroatoms. The Morgan fingerprint density at radius 1 is 1.28 bits per heavy atom. The third-order valence-corrected chi connectivity index (χ3v) is 3.27. The third-order valence-electron chi connectivity index (χ3n) is 2.72. The molecule has 0 spiro atoms. The Labute approximate surface area is 130 Å². The number of likely N-dealkylation sites (tertiary alicyclic amines) is 1. The van der Waals surface area contributed by atoms with E-state index in [2.05, 4.69) is 21.9 Å². The van der Waals surface area contributed by atoms with Gasteiger partial charge in [0.2, 0.25) is 0 Å². The van der Waals surface area contributed by atoms with E-state index in [-0.39, 0.29) is 24.0 Å². The van der Waals surface area contributed by atoms with E-state index in [4.69, 9.17) is 0 Å². The highest BCUT2D eigenvalue weighted by Gasteiger charge is 2.14. The van der Waals surface area contributed by atoms with Crippen LogP contribution in [0, 0.1) is 0 Å². The molecule has 0 atom stereocenters. The van der Waals surface area contributed by atoms with Crippen LogP contribution in [0.1, 0.15) is 12.8 Å². The highest BCUT2D eigenvalue weighted by atomic mass is 127. The summed E-state index contributed by atoms with van der Waals surface area (Å²) in [6.45, 7) is 1.10. The second-order valence-corrected chi connectivity index (χ2v) is 4.76. The summed E-state index contributed by atoms with van der Waals surface area (Å²) in [7, 11) is 2.09. The topological polar surface area (TPSA) is 28.0 Å². The Morgan fingerprint density at radius 2 is 2.00 bits per heavy atom. The number of hydrogen-bond donors (Lipinski definition) is 0. The molecule has 0 aromatic heterocycles. The monoisotopic (exact) mass is 375 g/mol. The summed E-state index contributed by atoms with van der Waals surface area (Å²) >= 11 is 1.59. The second kappa shape index (κ2) is 7.78. The molecule has 98 valence electrons. The van der Waals surface area contributed by atoms with Gasteiger partial charge in [0, 0.05) is 20.0 Å². The van der Waals surface area contributed by atoms with Crippen molar-refractivity contribution < 1.29 is 0 Å². The minimum Gasteiger partial charge on any atom is -0.363 e. The normalized spacial score (nSPS) is 18.0. The number of amidine groups is 2. The van der Waals surface area contributed by atoms with Crippen molar-refractivity contribution in [3.8, 4) is 0 Å². The molecule has 0 radical (unpaired) electrons. The number of halogens is 1. The minimum absolute atomic E-state index is 0. The highest BCUT2D eigenvalue weighted by Crippen LogP contribution is 2.16. The molecule has 1 fully saturated rings. The largest absolute Gasteiger partial charge is 0.363 e. The average Bonchev–Trinajstić information content (AvgIpc) is 2.75. The molecule has 1 saturated heterocycles. The lowest BCUT2D eigenvalue weighted by Crippen LogP contribution is -2.19. The number of benzene rings is 1. The maximum absolute atomic E-state index is 4.63. The molecule has 18 heavy (non-hydrogen) atoms. The summed E-state index contributed by atoms with van der Waals surface area (Å²) in [4.78, 5) is 11.4. The molecular formula is C13H18IN3S. The summed E-state index contributed by atoms with van der Waals surface area (Å²) in [6.07, 6.45) is 4.27. The molecule has 1 aliphatic heterocycles. The van der Waals surface area contributed by atoms with E-state index >= 15 is 0 Å². The van der Waals surface area contributed by atoms with Crippen LogP contribution in [0.15, 0.2) is 40.3 Å². The lowest BCUT2D eigenvalue weighted by atomic mass is 10.3. The SMILES string of the molecule is CSC(=N\c1ccccc1)/N=C1/CCCN1C.I. The standard InChI is InChI=1S/C13H17N3S.HI/c1-16-10-6-9-12(16)15-13(17-2)14-11-7-4-3-5-8-11;/h3-5,7-8H,6,9-10H2,1-2H3;1H/b14-13-,15-12-;. The van der Waals surface area contributed by atoms with Crippen molar-refractivity contribution >= 4 is 52.4 Å². The molecule has 2 rings (SSSR count). The molecular weight excluding hydrogens is 357 g/mol. The molecule has 0 N–H and O–H groups in total. The predicted molar refractivity (Wildman–Crippen MR) is 91.8 cm³/mol. The molecule has 0 amide bonds. The molecule has 3 nitrogen and oxygen atoms in total. The van der Waals surface area contributed by atoms with Gasteiger partial charge < -0.3 is 4.90 Å². The minimum atomic E-state index is 0. The average molecular weight is 375 g/mol. The fourth-order valence-electron chi connectivity index (χ4n) is 1.78. The smallest absolute Gasteiger partial charge is 0.189 e. The van der Waals surface area contributed by atoms with Crippen LogP contribution in [0.5, 0.6) is 0 Å². The van der Waals surface area contributed by atoms with Crippen molar-refractivity contribution in [2.24, 2.45) is 9.98 Å². The van der Waals surface area contributed by atoms with Crippen LogP contribution in [0.4, 0.5) is 5.69 Å². The first kappa shape index (κ1) is 15.5. The highest BCUT2D eigenvalue weighted by molar-refractivity contribution is 14.0. The van der Waals surface area contributed by atoms with Crippen LogP contribution in [-0.2, 0) is 0 Å². The van der Waals surface area contributed by atoms with Crippen molar-refractivity contribution in [3.63, 3.8) is 0 Å². The van der Waals surface area contributed by atoms with Crippen LogP contribution < -0.4 is 0 Å². The van der Waals surface area contributed by atoms with Gasteiger partial charge in [-0.1, -0.05) is 30.0 Å². The van der Waals surface area contributed by atoms with E-state index in [1.807, 2.05) is 36.6 Å². The fourth-order valence-corrected chi connectivity index (χ4v) is 2.17. The van der Waals surface area contributed by atoms with Crippen molar-refractivity contribution in [1.82, 2.24) is 4.90 Å². The Hall–Kier alpha value is -0.560. The van der Waals surface area contributed by atoms with E-state index in [0.717, 1.165) is 29.7 Å². The Morgan fingerprint density at radius 3 is 2.56 bits per heavy atom. The molecule has 0 unspecified atom stereocenters. The number of nitrogens with zero attached hydrogens (tertiary/aromatic N) is 3. The van der Waals surface area contributed by atoms with Gasteiger partial charge in [-0.2, -0.15) is 0 Å². The van der Waals surface area contributed by atoms with Gasteiger partial charge in [-0.15, -0.1) is 24.0 Å². The summed E-state index contributed by atoms with van der Waals surface area (Å²) in [5.41, 5.74) is 0.960. The maximum atomic E-state index is 4.63. The third kappa shape index (κ3) is 4.28. The zero-order valence-corrected chi connectivity index (χ0v) is 13.8. The predicted octanol–water partition coefficient (Wildman–Crippen LogP) is 3.78. The molecule has 0 saturated carbocycles. The van der Waals surface area contributed by atoms with Crippen LogP contribution in [0.25, 0.3) is 0 Å². The van der Waals surface area contributed by atoms with Crippen LogP contribution in [-0.4, -0.2) is 35.8 Å². The number of para-hydroxylation sites is 1. The van der Waals surface area contributed by atoms with Gasteiger partial charge in [0.1, 0.15) is 5.84 Å². The van der Waals surface area contributed by atoms with Gasteiger partial charge in [0.15, 0.2) is 5.17 Å². The van der Waals surface area contributed by atoms with E-state index in [9.17, 15) is 0 Å². The second-order valence-electron chi connectivity index (χ2n) is 3.99. The summed E-state index contributed by atoms with van der Waals surface area (Å²) in [6, 6.07) is 9.97. The number of thioether (sulfide) groups is 1. The lowest BCUT2D eigenvalue weighted by molar-refractivity contribution is 0.550. The van der Waals surface area contributed by atoms with Gasteiger partial charge >= 0.3 is 0 Å². The Bertz CT molecular complexity index is 431. The summed E-state index contributed by atoms with van der Waals surface area (Å²) in [5.74, 6) is 1.15.